The van der Waals surface area contributed by atoms with Crippen molar-refractivity contribution >= 4 is 11.8 Å². The number of amides is 2. The molecule has 1 unspecified atom stereocenters. The molecule has 6 nitrogen and oxygen atoms in total. The fraction of sp³-hybridized carbons (Fsp3) is 0.350. The Labute approximate surface area is 157 Å². The molecule has 3 rings (SSSR count). The maximum Gasteiger partial charge on any atom is 0.260 e. The number of benzene rings is 1. The molecule has 1 aromatic heterocycles. The third-order valence-corrected chi connectivity index (χ3v) is 4.58. The van der Waals surface area contributed by atoms with Crippen molar-refractivity contribution < 1.29 is 18.7 Å². The van der Waals surface area contributed by atoms with Gasteiger partial charge in [0, 0.05) is 45.0 Å². The van der Waals surface area contributed by atoms with Crippen molar-refractivity contribution in [3.05, 3.63) is 60.2 Å². The van der Waals surface area contributed by atoms with E-state index in [-0.39, 0.29) is 30.2 Å². The first-order valence-electron chi connectivity index (χ1n) is 8.84. The molecule has 7 heteroatoms. The molecule has 1 aliphatic heterocycles. The number of carbonyl (C=O) groups excluding carboxylic acids is 2. The van der Waals surface area contributed by atoms with E-state index in [2.05, 4.69) is 4.98 Å². The normalized spacial score (nSPS) is 17.6. The van der Waals surface area contributed by atoms with Gasteiger partial charge in [-0.05, 0) is 36.4 Å². The van der Waals surface area contributed by atoms with Crippen molar-refractivity contribution in [2.75, 3.05) is 33.3 Å². The molecule has 2 heterocycles. The lowest BCUT2D eigenvalue weighted by Crippen LogP contribution is -2.39. The summed E-state index contributed by atoms with van der Waals surface area (Å²) in [5.41, 5.74) is 0.820. The van der Waals surface area contributed by atoms with Crippen LogP contribution in [0.25, 0.3) is 0 Å². The summed E-state index contributed by atoms with van der Waals surface area (Å²) in [4.78, 5) is 32.8. The molecule has 2 aromatic rings. The first-order chi connectivity index (χ1) is 13.0. The number of rotatable bonds is 5. The molecule has 1 atom stereocenters. The minimum atomic E-state index is -0.361. The molecule has 142 valence electrons. The van der Waals surface area contributed by atoms with Crippen molar-refractivity contribution in [1.29, 1.82) is 0 Å². The van der Waals surface area contributed by atoms with Gasteiger partial charge >= 0.3 is 0 Å². The number of hydrogen-bond acceptors (Lipinski definition) is 4. The number of likely N-dealkylation sites (N-methyl/N-ethyl adjacent to an activating group) is 1. The maximum atomic E-state index is 12.9. The van der Waals surface area contributed by atoms with E-state index in [9.17, 15) is 14.0 Å². The van der Waals surface area contributed by atoms with Gasteiger partial charge in [0.05, 0.1) is 5.92 Å². The molecule has 0 spiro atoms. The quantitative estimate of drug-likeness (QED) is 0.804. The van der Waals surface area contributed by atoms with E-state index in [1.165, 1.54) is 24.3 Å². The van der Waals surface area contributed by atoms with Gasteiger partial charge in [-0.2, -0.15) is 0 Å². The molecule has 0 N–H and O–H groups in total. The first kappa shape index (κ1) is 18.8. The second kappa shape index (κ2) is 8.62. The molecular formula is C20H22FN3O3. The largest absolute Gasteiger partial charge is 0.484 e. The Balaban J connectivity index is 1.64. The van der Waals surface area contributed by atoms with Gasteiger partial charge < -0.3 is 14.5 Å². The highest BCUT2D eigenvalue weighted by molar-refractivity contribution is 5.82. The van der Waals surface area contributed by atoms with Crippen LogP contribution in [-0.2, 0) is 16.0 Å². The highest BCUT2D eigenvalue weighted by atomic mass is 19.1. The van der Waals surface area contributed by atoms with E-state index < -0.39 is 0 Å². The van der Waals surface area contributed by atoms with Crippen molar-refractivity contribution in [3.63, 3.8) is 0 Å². The summed E-state index contributed by atoms with van der Waals surface area (Å²) >= 11 is 0. The number of pyridine rings is 1. The van der Waals surface area contributed by atoms with Gasteiger partial charge in [0.25, 0.3) is 5.91 Å². The Bertz CT molecular complexity index is 783. The highest BCUT2D eigenvalue weighted by Gasteiger charge is 2.31. The van der Waals surface area contributed by atoms with Crippen LogP contribution >= 0.6 is 0 Å². The lowest BCUT2D eigenvalue weighted by atomic mass is 10.0. The fourth-order valence-corrected chi connectivity index (χ4v) is 3.04. The number of nitrogens with zero attached hydrogens (tertiary/aromatic N) is 3. The standard InChI is InChI=1S/C20H22FN3O3/c1-23-10-11-24(19(25)14-27-18-7-5-16(21)6-8-18)13-15(20(23)26)12-17-4-2-3-9-22-17/h2-9,15H,10-14H2,1H3. The molecule has 0 aliphatic carbocycles. The van der Waals surface area contributed by atoms with Crippen molar-refractivity contribution in [1.82, 2.24) is 14.8 Å². The second-order valence-electron chi connectivity index (χ2n) is 6.56. The van der Waals surface area contributed by atoms with E-state index in [4.69, 9.17) is 4.74 Å². The molecule has 0 saturated carbocycles. The smallest absolute Gasteiger partial charge is 0.260 e. The Morgan fingerprint density at radius 1 is 1.22 bits per heavy atom. The van der Waals surface area contributed by atoms with E-state index in [0.717, 1.165) is 5.69 Å². The van der Waals surface area contributed by atoms with E-state index in [1.54, 1.807) is 23.0 Å². The second-order valence-corrected chi connectivity index (χ2v) is 6.56. The average Bonchev–Trinajstić information content (AvgIpc) is 2.82. The monoisotopic (exact) mass is 371 g/mol. The lowest BCUT2D eigenvalue weighted by molar-refractivity contribution is -0.135. The van der Waals surface area contributed by atoms with Crippen LogP contribution in [0.3, 0.4) is 0 Å². The zero-order valence-corrected chi connectivity index (χ0v) is 15.2. The van der Waals surface area contributed by atoms with E-state index in [0.29, 0.717) is 31.8 Å². The summed E-state index contributed by atoms with van der Waals surface area (Å²) in [5, 5.41) is 0. The van der Waals surface area contributed by atoms with Gasteiger partial charge in [-0.1, -0.05) is 6.07 Å². The summed E-state index contributed by atoms with van der Waals surface area (Å²) in [6, 6.07) is 11.1. The fourth-order valence-electron chi connectivity index (χ4n) is 3.04. The summed E-state index contributed by atoms with van der Waals surface area (Å²) in [6.45, 7) is 1.09. The predicted molar refractivity (Wildman–Crippen MR) is 97.5 cm³/mol. The molecule has 2 amide bonds. The van der Waals surface area contributed by atoms with Crippen LogP contribution in [0.15, 0.2) is 48.7 Å². The van der Waals surface area contributed by atoms with Crippen LogP contribution in [0.5, 0.6) is 5.75 Å². The predicted octanol–water partition coefficient (Wildman–Crippen LogP) is 1.76. The van der Waals surface area contributed by atoms with Crippen molar-refractivity contribution in [2.24, 2.45) is 5.92 Å². The van der Waals surface area contributed by atoms with Crippen LogP contribution in [0, 0.1) is 11.7 Å². The number of hydrogen-bond donors (Lipinski definition) is 0. The van der Waals surface area contributed by atoms with Gasteiger partial charge in [0.1, 0.15) is 11.6 Å². The van der Waals surface area contributed by atoms with Crippen molar-refractivity contribution in [2.45, 2.75) is 6.42 Å². The van der Waals surface area contributed by atoms with Crippen LogP contribution < -0.4 is 4.74 Å². The SMILES string of the molecule is CN1CCN(C(=O)COc2ccc(F)cc2)CC(Cc2ccccn2)C1=O. The summed E-state index contributed by atoms with van der Waals surface area (Å²) in [6.07, 6.45) is 2.17. The van der Waals surface area contributed by atoms with E-state index in [1.807, 2.05) is 18.2 Å². The number of carbonyl (C=O) groups is 2. The summed E-state index contributed by atoms with van der Waals surface area (Å²) in [5.74, 6) is -0.469. The Morgan fingerprint density at radius 2 is 2.00 bits per heavy atom. The Morgan fingerprint density at radius 3 is 2.70 bits per heavy atom. The minimum Gasteiger partial charge on any atom is -0.484 e. The van der Waals surface area contributed by atoms with Gasteiger partial charge in [0.2, 0.25) is 5.91 Å². The minimum absolute atomic E-state index is 0.00964. The molecule has 0 radical (unpaired) electrons. The van der Waals surface area contributed by atoms with Crippen LogP contribution in [0.4, 0.5) is 4.39 Å². The summed E-state index contributed by atoms with van der Waals surface area (Å²) < 4.78 is 18.4. The first-order valence-corrected chi connectivity index (χ1v) is 8.84. The lowest BCUT2D eigenvalue weighted by Gasteiger charge is -2.23. The molecule has 27 heavy (non-hydrogen) atoms. The highest BCUT2D eigenvalue weighted by Crippen LogP contribution is 2.16. The maximum absolute atomic E-state index is 12.9. The molecule has 1 saturated heterocycles. The molecule has 1 aliphatic rings. The topological polar surface area (TPSA) is 62.7 Å². The van der Waals surface area contributed by atoms with Gasteiger partial charge in [0.15, 0.2) is 6.61 Å². The molecular weight excluding hydrogens is 349 g/mol. The average molecular weight is 371 g/mol. The van der Waals surface area contributed by atoms with Crippen LogP contribution in [0.1, 0.15) is 5.69 Å². The Kier molecular flexibility index (Phi) is 6.01. The zero-order chi connectivity index (χ0) is 19.2. The molecule has 1 fully saturated rings. The van der Waals surface area contributed by atoms with E-state index >= 15 is 0 Å². The number of aromatic nitrogens is 1. The third-order valence-electron chi connectivity index (χ3n) is 4.58. The number of ether oxygens (including phenoxy) is 1. The van der Waals surface area contributed by atoms with Gasteiger partial charge in [-0.25, -0.2) is 4.39 Å². The molecule has 0 bridgehead atoms. The van der Waals surface area contributed by atoms with Crippen LogP contribution in [-0.4, -0.2) is 59.9 Å². The van der Waals surface area contributed by atoms with Crippen molar-refractivity contribution in [3.8, 4) is 5.75 Å². The number of halogens is 1. The molecule has 1 aromatic carbocycles. The van der Waals surface area contributed by atoms with Gasteiger partial charge in [-0.3, -0.25) is 14.6 Å². The third kappa shape index (κ3) is 5.03. The van der Waals surface area contributed by atoms with Gasteiger partial charge in [-0.15, -0.1) is 0 Å². The Hall–Kier alpha value is -2.96. The summed E-state index contributed by atoms with van der Waals surface area (Å²) in [7, 11) is 1.75. The van der Waals surface area contributed by atoms with Crippen LogP contribution in [0.2, 0.25) is 0 Å². The zero-order valence-electron chi connectivity index (χ0n) is 15.2.